The maximum Gasteiger partial charge on any atom is 0.191 e. The monoisotopic (exact) mass is 528 g/mol. The van der Waals surface area contributed by atoms with E-state index >= 15 is 0 Å². The predicted octanol–water partition coefficient (Wildman–Crippen LogP) is 4.53. The highest BCUT2D eigenvalue weighted by Crippen LogP contribution is 2.24. The lowest BCUT2D eigenvalue weighted by Crippen LogP contribution is -2.48. The molecular formula is C22H33IN4OS. The van der Waals surface area contributed by atoms with Gasteiger partial charge in [0.15, 0.2) is 5.96 Å². The number of anilines is 1. The molecule has 2 aromatic rings. The summed E-state index contributed by atoms with van der Waals surface area (Å²) in [6.07, 6.45) is 4.33. The topological polar surface area (TPSA) is 48.9 Å². The summed E-state index contributed by atoms with van der Waals surface area (Å²) in [5, 5.41) is 10.6. The van der Waals surface area contributed by atoms with E-state index in [1.54, 1.807) is 7.11 Å². The van der Waals surface area contributed by atoms with E-state index in [1.807, 2.05) is 23.5 Å². The van der Waals surface area contributed by atoms with E-state index in [2.05, 4.69) is 52.1 Å². The fraction of sp³-hybridized carbons (Fsp3) is 0.500. The van der Waals surface area contributed by atoms with E-state index in [-0.39, 0.29) is 24.0 Å². The second-order valence-corrected chi connectivity index (χ2v) is 8.00. The molecule has 1 aromatic heterocycles. The summed E-state index contributed by atoms with van der Waals surface area (Å²) < 4.78 is 5.30. The fourth-order valence-electron chi connectivity index (χ4n) is 3.51. The minimum absolute atomic E-state index is 0. The number of aliphatic imine (C=N–C) groups is 1. The number of ether oxygens (including phenoxy) is 1. The average molecular weight is 529 g/mol. The summed E-state index contributed by atoms with van der Waals surface area (Å²) in [7, 11) is 1.71. The van der Waals surface area contributed by atoms with Crippen LogP contribution < -0.4 is 20.3 Å². The maximum absolute atomic E-state index is 5.30. The number of thiophene rings is 1. The summed E-state index contributed by atoms with van der Waals surface area (Å²) >= 11 is 1.83. The van der Waals surface area contributed by atoms with Gasteiger partial charge in [-0.25, -0.2) is 0 Å². The van der Waals surface area contributed by atoms with Crippen LogP contribution in [0.5, 0.6) is 5.75 Å². The lowest BCUT2D eigenvalue weighted by Gasteiger charge is -2.33. The number of hydrogen-bond donors (Lipinski definition) is 2. The first kappa shape index (κ1) is 23.8. The third-order valence-corrected chi connectivity index (χ3v) is 5.95. The third kappa shape index (κ3) is 7.70. The van der Waals surface area contributed by atoms with Gasteiger partial charge in [-0.3, -0.25) is 4.99 Å². The molecule has 2 heterocycles. The summed E-state index contributed by atoms with van der Waals surface area (Å²) in [6, 6.07) is 13.1. The Morgan fingerprint density at radius 1 is 1.24 bits per heavy atom. The molecule has 0 amide bonds. The van der Waals surface area contributed by atoms with E-state index in [1.165, 1.54) is 10.6 Å². The van der Waals surface area contributed by atoms with Crippen molar-refractivity contribution in [1.82, 2.24) is 10.6 Å². The van der Waals surface area contributed by atoms with Crippen molar-refractivity contribution in [1.29, 1.82) is 0 Å². The molecule has 7 heteroatoms. The molecule has 0 spiro atoms. The predicted molar refractivity (Wildman–Crippen MR) is 135 cm³/mol. The number of methoxy groups -OCH3 is 1. The van der Waals surface area contributed by atoms with Gasteiger partial charge in [-0.1, -0.05) is 12.1 Å². The molecule has 5 nitrogen and oxygen atoms in total. The molecule has 2 N–H and O–H groups in total. The van der Waals surface area contributed by atoms with Gasteiger partial charge < -0.3 is 20.3 Å². The Morgan fingerprint density at radius 2 is 2.07 bits per heavy atom. The van der Waals surface area contributed by atoms with Crippen molar-refractivity contribution in [2.24, 2.45) is 4.99 Å². The number of rotatable bonds is 8. The van der Waals surface area contributed by atoms with E-state index in [9.17, 15) is 0 Å². The number of piperidine rings is 1. The summed E-state index contributed by atoms with van der Waals surface area (Å²) in [6.45, 7) is 6.03. The normalized spacial score (nSPS) is 15.0. The Kier molecular flexibility index (Phi) is 10.6. The Hall–Kier alpha value is -1.48. The van der Waals surface area contributed by atoms with Gasteiger partial charge in [0.05, 0.1) is 12.1 Å². The smallest absolute Gasteiger partial charge is 0.191 e. The third-order valence-electron chi connectivity index (χ3n) is 5.03. The van der Waals surface area contributed by atoms with Crippen LogP contribution in [0, 0.1) is 0 Å². The van der Waals surface area contributed by atoms with Crippen LogP contribution in [-0.4, -0.2) is 45.3 Å². The molecule has 0 aliphatic carbocycles. The van der Waals surface area contributed by atoms with E-state index < -0.39 is 0 Å². The zero-order valence-electron chi connectivity index (χ0n) is 17.4. The molecule has 1 saturated heterocycles. The summed E-state index contributed by atoms with van der Waals surface area (Å²) in [5.41, 5.74) is 1.30. The van der Waals surface area contributed by atoms with Gasteiger partial charge in [-0.05, 0) is 67.8 Å². The Balaban J connectivity index is 0.00000300. The van der Waals surface area contributed by atoms with Crippen molar-refractivity contribution < 1.29 is 4.74 Å². The maximum atomic E-state index is 5.30. The summed E-state index contributed by atoms with van der Waals surface area (Å²) in [5.74, 6) is 1.87. The van der Waals surface area contributed by atoms with Crippen molar-refractivity contribution in [2.45, 2.75) is 38.6 Å². The van der Waals surface area contributed by atoms with Gasteiger partial charge in [0.1, 0.15) is 5.75 Å². The number of aryl methyl sites for hydroxylation is 1. The van der Waals surface area contributed by atoms with Gasteiger partial charge in [-0.2, -0.15) is 0 Å². The van der Waals surface area contributed by atoms with E-state index in [0.29, 0.717) is 6.04 Å². The first-order valence-corrected chi connectivity index (χ1v) is 11.1. The number of guanidine groups is 1. The molecule has 1 aliphatic rings. The number of nitrogens with zero attached hydrogens (tertiary/aromatic N) is 2. The van der Waals surface area contributed by atoms with Crippen LogP contribution in [0.2, 0.25) is 0 Å². The molecule has 0 atom stereocenters. The van der Waals surface area contributed by atoms with Crippen molar-refractivity contribution >= 4 is 46.3 Å². The van der Waals surface area contributed by atoms with Gasteiger partial charge >= 0.3 is 0 Å². The molecule has 0 saturated carbocycles. The van der Waals surface area contributed by atoms with Gasteiger partial charge in [0, 0.05) is 32.2 Å². The van der Waals surface area contributed by atoms with Gasteiger partial charge in [0.2, 0.25) is 0 Å². The summed E-state index contributed by atoms with van der Waals surface area (Å²) in [4.78, 5) is 7.27. The number of hydrogen-bond acceptors (Lipinski definition) is 4. The number of nitrogens with one attached hydrogen (secondary N) is 2. The highest BCUT2D eigenvalue weighted by molar-refractivity contribution is 14.0. The van der Waals surface area contributed by atoms with E-state index in [4.69, 9.17) is 9.73 Å². The lowest BCUT2D eigenvalue weighted by atomic mass is 10.1. The van der Waals surface area contributed by atoms with Gasteiger partial charge in [0.25, 0.3) is 0 Å². The van der Waals surface area contributed by atoms with Crippen LogP contribution in [0.15, 0.2) is 46.8 Å². The zero-order valence-corrected chi connectivity index (χ0v) is 20.5. The molecule has 160 valence electrons. The van der Waals surface area contributed by atoms with Crippen LogP contribution >= 0.6 is 35.3 Å². The van der Waals surface area contributed by atoms with Gasteiger partial charge in [-0.15, -0.1) is 35.3 Å². The zero-order chi connectivity index (χ0) is 19.6. The van der Waals surface area contributed by atoms with E-state index in [0.717, 1.165) is 63.6 Å². The largest absolute Gasteiger partial charge is 0.497 e. The van der Waals surface area contributed by atoms with Crippen molar-refractivity contribution in [2.75, 3.05) is 38.2 Å². The van der Waals surface area contributed by atoms with Crippen LogP contribution in [-0.2, 0) is 6.42 Å². The highest BCUT2D eigenvalue weighted by Gasteiger charge is 2.20. The van der Waals surface area contributed by atoms with Crippen LogP contribution in [0.4, 0.5) is 5.00 Å². The van der Waals surface area contributed by atoms with Crippen molar-refractivity contribution in [3.8, 4) is 5.75 Å². The molecule has 29 heavy (non-hydrogen) atoms. The minimum atomic E-state index is 0. The lowest BCUT2D eigenvalue weighted by molar-refractivity contribution is 0.414. The second-order valence-electron chi connectivity index (χ2n) is 7.07. The quantitative estimate of drug-likeness (QED) is 0.229. The van der Waals surface area contributed by atoms with Crippen molar-refractivity contribution in [3.05, 3.63) is 47.3 Å². The fourth-order valence-corrected chi connectivity index (χ4v) is 4.29. The molecule has 0 radical (unpaired) electrons. The molecule has 0 bridgehead atoms. The molecular weight excluding hydrogens is 495 g/mol. The average Bonchev–Trinajstić information content (AvgIpc) is 3.27. The second kappa shape index (κ2) is 13.0. The first-order chi connectivity index (χ1) is 13.8. The number of benzene rings is 1. The number of halogens is 1. The Morgan fingerprint density at radius 3 is 2.76 bits per heavy atom. The minimum Gasteiger partial charge on any atom is -0.497 e. The van der Waals surface area contributed by atoms with Crippen LogP contribution in [0.1, 0.15) is 31.7 Å². The Labute approximate surface area is 196 Å². The first-order valence-electron chi connectivity index (χ1n) is 10.2. The molecule has 1 aliphatic heterocycles. The van der Waals surface area contributed by atoms with Crippen LogP contribution in [0.25, 0.3) is 0 Å². The Bertz CT molecular complexity index is 730. The highest BCUT2D eigenvalue weighted by atomic mass is 127. The molecule has 1 fully saturated rings. The standard InChI is InChI=1S/C22H32N4OS.HI/c1-3-23-22(24-13-5-8-18-7-4-9-20(17-18)27-2)25-19-11-14-26(15-12-19)21-10-6-16-28-21;/h4,6-7,9-10,16-17,19H,3,5,8,11-15H2,1-2H3,(H2,23,24,25);1H. The molecule has 0 unspecified atom stereocenters. The van der Waals surface area contributed by atoms with Crippen molar-refractivity contribution in [3.63, 3.8) is 0 Å². The molecule has 3 rings (SSSR count). The SMILES string of the molecule is CCNC(=NCCCc1cccc(OC)c1)NC1CCN(c2cccs2)CC1.I. The van der Waals surface area contributed by atoms with Crippen LogP contribution in [0.3, 0.4) is 0 Å². The molecule has 1 aromatic carbocycles.